The minimum absolute atomic E-state index is 0.0850. The third-order valence-electron chi connectivity index (χ3n) is 3.05. The van der Waals surface area contributed by atoms with Gasteiger partial charge in [-0.15, -0.1) is 0 Å². The minimum Gasteiger partial charge on any atom is -0.338 e. The number of fused-ring (bicyclic) bond motifs is 1. The topological polar surface area (TPSA) is 59.2 Å². The molecule has 1 aliphatic heterocycles. The second-order valence-electron chi connectivity index (χ2n) is 4.26. The predicted octanol–water partition coefficient (Wildman–Crippen LogP) is 0.561. The van der Waals surface area contributed by atoms with Crippen molar-refractivity contribution in [1.29, 1.82) is 0 Å². The zero-order valence-corrected chi connectivity index (χ0v) is 9.52. The van der Waals surface area contributed by atoms with Gasteiger partial charge in [0.1, 0.15) is 0 Å². The quantitative estimate of drug-likeness (QED) is 0.790. The van der Waals surface area contributed by atoms with Crippen molar-refractivity contribution in [3.8, 4) is 0 Å². The van der Waals surface area contributed by atoms with Gasteiger partial charge >= 0.3 is 0 Å². The van der Waals surface area contributed by atoms with Gasteiger partial charge in [0.05, 0.1) is 0 Å². The van der Waals surface area contributed by atoms with Crippen molar-refractivity contribution in [2.45, 2.75) is 19.9 Å². The summed E-state index contributed by atoms with van der Waals surface area (Å²) in [6.45, 7) is 3.72. The number of aromatic nitrogens is 1. The summed E-state index contributed by atoms with van der Waals surface area (Å²) in [6, 6.07) is 3.95. The van der Waals surface area contributed by atoms with Crippen molar-refractivity contribution >= 4 is 5.91 Å². The van der Waals surface area contributed by atoms with Crippen molar-refractivity contribution in [2.24, 2.45) is 11.7 Å². The summed E-state index contributed by atoms with van der Waals surface area (Å²) < 4.78 is 0. The second kappa shape index (κ2) is 4.61. The van der Waals surface area contributed by atoms with Gasteiger partial charge in [-0.25, -0.2) is 0 Å². The Morgan fingerprint density at radius 1 is 1.69 bits per heavy atom. The molecular formula is C12H17N3O. The Bertz CT molecular complexity index is 392. The molecule has 2 N–H and O–H groups in total. The van der Waals surface area contributed by atoms with Crippen molar-refractivity contribution in [3.63, 3.8) is 0 Å². The molecule has 0 aromatic carbocycles. The van der Waals surface area contributed by atoms with Crippen molar-refractivity contribution in [1.82, 2.24) is 9.88 Å². The number of carbonyl (C=O) groups excluding carboxylic acids is 1. The third kappa shape index (κ3) is 2.07. The lowest BCUT2D eigenvalue weighted by atomic mass is 10.0. The van der Waals surface area contributed by atoms with E-state index in [2.05, 4.69) is 4.98 Å². The van der Waals surface area contributed by atoms with Crippen molar-refractivity contribution in [3.05, 3.63) is 29.6 Å². The lowest BCUT2D eigenvalue weighted by Crippen LogP contribution is -2.41. The SMILES string of the molecule is CC(CN)C(=O)N1CCc2ncccc2C1. The van der Waals surface area contributed by atoms with E-state index in [1.54, 1.807) is 6.20 Å². The number of carbonyl (C=O) groups is 1. The van der Waals surface area contributed by atoms with Crippen LogP contribution in [0.2, 0.25) is 0 Å². The summed E-state index contributed by atoms with van der Waals surface area (Å²) in [5.74, 6) is 0.0650. The highest BCUT2D eigenvalue weighted by Crippen LogP contribution is 2.17. The highest BCUT2D eigenvalue weighted by molar-refractivity contribution is 5.79. The Kier molecular flexibility index (Phi) is 3.19. The van der Waals surface area contributed by atoms with Crippen LogP contribution in [0.15, 0.2) is 18.3 Å². The van der Waals surface area contributed by atoms with Crippen LogP contribution in [0.4, 0.5) is 0 Å². The van der Waals surface area contributed by atoms with E-state index in [1.165, 1.54) is 0 Å². The molecule has 4 heteroatoms. The van der Waals surface area contributed by atoms with E-state index in [0.29, 0.717) is 13.1 Å². The molecule has 0 spiro atoms. The Balaban J connectivity index is 2.11. The van der Waals surface area contributed by atoms with E-state index in [1.807, 2.05) is 24.0 Å². The van der Waals surface area contributed by atoms with Gasteiger partial charge in [0, 0.05) is 43.9 Å². The standard InChI is InChI=1S/C12H17N3O/c1-9(7-13)12(16)15-6-4-11-10(8-15)3-2-5-14-11/h2-3,5,9H,4,6-8,13H2,1H3. The molecule has 4 nitrogen and oxygen atoms in total. The van der Waals surface area contributed by atoms with Gasteiger partial charge in [-0.3, -0.25) is 9.78 Å². The number of hydrogen-bond acceptors (Lipinski definition) is 3. The molecule has 0 aliphatic carbocycles. The van der Waals surface area contributed by atoms with Crippen LogP contribution in [0.1, 0.15) is 18.2 Å². The molecule has 2 heterocycles. The summed E-state index contributed by atoms with van der Waals surface area (Å²) in [6.07, 6.45) is 2.65. The van der Waals surface area contributed by atoms with Crippen molar-refractivity contribution in [2.75, 3.05) is 13.1 Å². The maximum atomic E-state index is 12.0. The molecular weight excluding hydrogens is 202 g/mol. The van der Waals surface area contributed by atoms with Crippen LogP contribution in [0.25, 0.3) is 0 Å². The maximum absolute atomic E-state index is 12.0. The van der Waals surface area contributed by atoms with Crippen LogP contribution in [0, 0.1) is 5.92 Å². The fourth-order valence-electron chi connectivity index (χ4n) is 1.97. The first-order valence-corrected chi connectivity index (χ1v) is 5.64. The van der Waals surface area contributed by atoms with Gasteiger partial charge in [0.15, 0.2) is 0 Å². The van der Waals surface area contributed by atoms with E-state index in [-0.39, 0.29) is 11.8 Å². The molecule has 2 rings (SSSR count). The maximum Gasteiger partial charge on any atom is 0.226 e. The smallest absolute Gasteiger partial charge is 0.226 e. The largest absolute Gasteiger partial charge is 0.338 e. The molecule has 0 bridgehead atoms. The van der Waals surface area contributed by atoms with Crippen LogP contribution in [-0.2, 0) is 17.8 Å². The summed E-state index contributed by atoms with van der Waals surface area (Å²) in [5, 5.41) is 0. The molecule has 0 radical (unpaired) electrons. The summed E-state index contributed by atoms with van der Waals surface area (Å²) >= 11 is 0. The van der Waals surface area contributed by atoms with Crippen LogP contribution in [0.3, 0.4) is 0 Å². The number of nitrogens with zero attached hydrogens (tertiary/aromatic N) is 2. The van der Waals surface area contributed by atoms with Gasteiger partial charge in [-0.1, -0.05) is 13.0 Å². The Morgan fingerprint density at radius 3 is 3.25 bits per heavy atom. The summed E-state index contributed by atoms with van der Waals surface area (Å²) in [7, 11) is 0. The molecule has 0 saturated heterocycles. The van der Waals surface area contributed by atoms with E-state index >= 15 is 0 Å². The van der Waals surface area contributed by atoms with Gasteiger partial charge in [-0.05, 0) is 11.6 Å². The molecule has 16 heavy (non-hydrogen) atoms. The van der Waals surface area contributed by atoms with E-state index in [0.717, 1.165) is 24.2 Å². The van der Waals surface area contributed by atoms with Crippen molar-refractivity contribution < 1.29 is 4.79 Å². The third-order valence-corrected chi connectivity index (χ3v) is 3.05. The average Bonchev–Trinajstić information content (AvgIpc) is 2.36. The summed E-state index contributed by atoms with van der Waals surface area (Å²) in [5.41, 5.74) is 7.79. The van der Waals surface area contributed by atoms with Gasteiger partial charge < -0.3 is 10.6 Å². The number of nitrogens with two attached hydrogens (primary N) is 1. The monoisotopic (exact) mass is 219 g/mol. The zero-order valence-electron chi connectivity index (χ0n) is 9.52. The van der Waals surface area contributed by atoms with Crippen LogP contribution in [0.5, 0.6) is 0 Å². The molecule has 0 fully saturated rings. The number of pyridine rings is 1. The fraction of sp³-hybridized carbons (Fsp3) is 0.500. The molecule has 1 aliphatic rings. The Labute approximate surface area is 95.5 Å². The first kappa shape index (κ1) is 11.1. The highest BCUT2D eigenvalue weighted by Gasteiger charge is 2.23. The minimum atomic E-state index is -0.0850. The molecule has 1 amide bonds. The van der Waals surface area contributed by atoms with Gasteiger partial charge in [-0.2, -0.15) is 0 Å². The second-order valence-corrected chi connectivity index (χ2v) is 4.26. The Morgan fingerprint density at radius 2 is 2.50 bits per heavy atom. The Hall–Kier alpha value is -1.42. The van der Waals surface area contributed by atoms with E-state index in [4.69, 9.17) is 5.73 Å². The molecule has 1 aromatic heterocycles. The molecule has 1 unspecified atom stereocenters. The number of amides is 1. The van der Waals surface area contributed by atoms with Gasteiger partial charge in [0.2, 0.25) is 5.91 Å². The first-order valence-electron chi connectivity index (χ1n) is 5.64. The van der Waals surface area contributed by atoms with E-state index < -0.39 is 0 Å². The summed E-state index contributed by atoms with van der Waals surface area (Å²) in [4.78, 5) is 18.2. The highest BCUT2D eigenvalue weighted by atomic mass is 16.2. The zero-order chi connectivity index (χ0) is 11.5. The lowest BCUT2D eigenvalue weighted by Gasteiger charge is -2.30. The first-order chi connectivity index (χ1) is 7.72. The predicted molar refractivity (Wildman–Crippen MR) is 61.6 cm³/mol. The number of hydrogen-bond donors (Lipinski definition) is 1. The van der Waals surface area contributed by atoms with Crippen LogP contribution >= 0.6 is 0 Å². The van der Waals surface area contributed by atoms with Crippen LogP contribution in [-0.4, -0.2) is 28.9 Å². The number of rotatable bonds is 2. The fourth-order valence-corrected chi connectivity index (χ4v) is 1.97. The van der Waals surface area contributed by atoms with E-state index in [9.17, 15) is 4.79 Å². The molecule has 1 aromatic rings. The molecule has 1 atom stereocenters. The molecule has 86 valence electrons. The molecule has 0 saturated carbocycles. The van der Waals surface area contributed by atoms with Gasteiger partial charge in [0.25, 0.3) is 0 Å². The van der Waals surface area contributed by atoms with Crippen LogP contribution < -0.4 is 5.73 Å². The lowest BCUT2D eigenvalue weighted by molar-refractivity contribution is -0.135. The average molecular weight is 219 g/mol. The normalized spacial score (nSPS) is 16.8.